The quantitative estimate of drug-likeness (QED) is 0.862. The lowest BCUT2D eigenvalue weighted by molar-refractivity contribution is 0.285. The maximum absolute atomic E-state index is 5.75. The molecular weight excluding hydrogens is 309 g/mol. The Morgan fingerprint density at radius 2 is 2.17 bits per heavy atom. The standard InChI is InChI=1S/C11H13N3S2.2ClH/c1-2-4-14-5-3-8-7(6-14)9-10(15-8)13-11(12)16-9;;/h2H,1,3-6H2,(H2,12,13);2*1H. The second kappa shape index (κ2) is 6.21. The van der Waals surface area contributed by atoms with Crippen molar-refractivity contribution in [3.05, 3.63) is 23.1 Å². The number of aromatic nitrogens is 1. The molecule has 0 spiro atoms. The Morgan fingerprint density at radius 1 is 1.39 bits per heavy atom. The Labute approximate surface area is 127 Å². The molecule has 0 radical (unpaired) electrons. The van der Waals surface area contributed by atoms with Crippen molar-refractivity contribution in [2.24, 2.45) is 0 Å². The zero-order valence-electron chi connectivity index (χ0n) is 9.72. The monoisotopic (exact) mass is 323 g/mol. The van der Waals surface area contributed by atoms with E-state index in [9.17, 15) is 0 Å². The van der Waals surface area contributed by atoms with Crippen LogP contribution >= 0.6 is 47.5 Å². The number of nitrogens with two attached hydrogens (primary N) is 1. The summed E-state index contributed by atoms with van der Waals surface area (Å²) in [6.45, 7) is 6.90. The molecule has 0 aromatic carbocycles. The summed E-state index contributed by atoms with van der Waals surface area (Å²) in [5, 5.41) is 0.685. The third-order valence-corrected chi connectivity index (χ3v) is 5.13. The number of halogens is 2. The molecule has 2 aromatic heterocycles. The molecule has 3 nitrogen and oxygen atoms in total. The summed E-state index contributed by atoms with van der Waals surface area (Å²) in [7, 11) is 0. The van der Waals surface area contributed by atoms with Crippen LogP contribution < -0.4 is 5.73 Å². The Hall–Kier alpha value is -0.330. The van der Waals surface area contributed by atoms with Gasteiger partial charge in [-0.15, -0.1) is 42.7 Å². The lowest BCUT2D eigenvalue weighted by Gasteiger charge is -2.25. The lowest BCUT2D eigenvalue weighted by atomic mass is 10.1. The van der Waals surface area contributed by atoms with Gasteiger partial charge >= 0.3 is 0 Å². The molecular formula is C11H15Cl2N3S2. The van der Waals surface area contributed by atoms with Crippen LogP contribution in [-0.2, 0) is 13.0 Å². The molecule has 2 N–H and O–H groups in total. The molecule has 7 heteroatoms. The maximum atomic E-state index is 5.75. The van der Waals surface area contributed by atoms with Gasteiger partial charge in [0.1, 0.15) is 4.83 Å². The Morgan fingerprint density at radius 3 is 2.89 bits per heavy atom. The highest BCUT2D eigenvalue weighted by Crippen LogP contribution is 2.38. The Kier molecular flexibility index (Phi) is 5.43. The molecule has 0 atom stereocenters. The zero-order chi connectivity index (χ0) is 11.1. The molecule has 3 heterocycles. The molecule has 0 saturated heterocycles. The van der Waals surface area contributed by atoms with Crippen LogP contribution in [0, 0.1) is 0 Å². The van der Waals surface area contributed by atoms with Crippen LogP contribution in [-0.4, -0.2) is 23.0 Å². The van der Waals surface area contributed by atoms with Gasteiger partial charge in [0, 0.05) is 24.5 Å². The molecule has 1 aliphatic rings. The SMILES string of the molecule is C=CCN1CCc2sc3nc(N)sc3c2C1.Cl.Cl. The summed E-state index contributed by atoms with van der Waals surface area (Å²) in [4.78, 5) is 9.39. The highest BCUT2D eigenvalue weighted by molar-refractivity contribution is 7.29. The molecule has 3 rings (SSSR count). The predicted molar refractivity (Wildman–Crippen MR) is 85.6 cm³/mol. The van der Waals surface area contributed by atoms with E-state index >= 15 is 0 Å². The van der Waals surface area contributed by atoms with Crippen molar-refractivity contribution >= 4 is 62.1 Å². The number of fused-ring (bicyclic) bond motifs is 3. The second-order valence-electron chi connectivity index (χ2n) is 3.96. The van der Waals surface area contributed by atoms with Crippen LogP contribution in [0.5, 0.6) is 0 Å². The highest BCUT2D eigenvalue weighted by Gasteiger charge is 2.22. The predicted octanol–water partition coefficient (Wildman–Crippen LogP) is 3.33. The molecule has 18 heavy (non-hydrogen) atoms. The van der Waals surface area contributed by atoms with E-state index in [-0.39, 0.29) is 24.8 Å². The van der Waals surface area contributed by atoms with Gasteiger partial charge in [-0.3, -0.25) is 4.90 Å². The molecule has 0 amide bonds. The minimum Gasteiger partial charge on any atom is -0.375 e. The second-order valence-corrected chi connectivity index (χ2v) is 6.08. The molecule has 1 aliphatic heterocycles. The molecule has 2 aromatic rings. The van der Waals surface area contributed by atoms with Gasteiger partial charge in [-0.05, 0) is 12.0 Å². The number of rotatable bonds is 2. The third kappa shape index (κ3) is 2.65. The summed E-state index contributed by atoms with van der Waals surface area (Å²) in [5.74, 6) is 0. The van der Waals surface area contributed by atoms with Crippen LogP contribution in [0.4, 0.5) is 5.13 Å². The van der Waals surface area contributed by atoms with Crippen LogP contribution in [0.25, 0.3) is 9.53 Å². The molecule has 100 valence electrons. The zero-order valence-corrected chi connectivity index (χ0v) is 13.0. The van der Waals surface area contributed by atoms with Gasteiger partial charge in [-0.2, -0.15) is 0 Å². The highest BCUT2D eigenvalue weighted by atomic mass is 35.5. The number of hydrogen-bond donors (Lipinski definition) is 1. The number of nitrogens with zero attached hydrogens (tertiary/aromatic N) is 2. The number of anilines is 1. The Bertz CT molecular complexity index is 550. The van der Waals surface area contributed by atoms with E-state index in [1.54, 1.807) is 11.3 Å². The number of nitrogen functional groups attached to an aromatic ring is 1. The lowest BCUT2D eigenvalue weighted by Crippen LogP contribution is -2.29. The fraction of sp³-hybridized carbons (Fsp3) is 0.364. The molecule has 0 bridgehead atoms. The van der Waals surface area contributed by atoms with Crippen LogP contribution in [0.2, 0.25) is 0 Å². The van der Waals surface area contributed by atoms with E-state index in [0.717, 1.165) is 30.9 Å². The van der Waals surface area contributed by atoms with Crippen molar-refractivity contribution in [2.45, 2.75) is 13.0 Å². The topological polar surface area (TPSA) is 42.2 Å². The fourth-order valence-electron chi connectivity index (χ4n) is 2.15. The molecule has 0 aliphatic carbocycles. The van der Waals surface area contributed by atoms with Gasteiger partial charge in [0.25, 0.3) is 0 Å². The largest absolute Gasteiger partial charge is 0.375 e. The van der Waals surface area contributed by atoms with Gasteiger partial charge in [-0.25, -0.2) is 4.98 Å². The van der Waals surface area contributed by atoms with E-state index < -0.39 is 0 Å². The van der Waals surface area contributed by atoms with E-state index in [4.69, 9.17) is 5.73 Å². The van der Waals surface area contributed by atoms with Crippen molar-refractivity contribution in [2.75, 3.05) is 18.8 Å². The average molecular weight is 324 g/mol. The van der Waals surface area contributed by atoms with E-state index in [1.807, 2.05) is 17.4 Å². The van der Waals surface area contributed by atoms with Crippen molar-refractivity contribution in [3.63, 3.8) is 0 Å². The summed E-state index contributed by atoms with van der Waals surface area (Å²) in [5.41, 5.74) is 7.19. The summed E-state index contributed by atoms with van der Waals surface area (Å²) < 4.78 is 1.30. The normalized spacial score (nSPS) is 14.7. The summed E-state index contributed by atoms with van der Waals surface area (Å²) in [6, 6.07) is 0. The number of hydrogen-bond acceptors (Lipinski definition) is 5. The van der Waals surface area contributed by atoms with Crippen molar-refractivity contribution < 1.29 is 0 Å². The van der Waals surface area contributed by atoms with Gasteiger partial charge in [-0.1, -0.05) is 17.4 Å². The van der Waals surface area contributed by atoms with Crippen LogP contribution in [0.15, 0.2) is 12.7 Å². The maximum Gasteiger partial charge on any atom is 0.181 e. The minimum absolute atomic E-state index is 0. The first kappa shape index (κ1) is 15.7. The fourth-order valence-corrected chi connectivity index (χ4v) is 4.39. The minimum atomic E-state index is 0. The van der Waals surface area contributed by atoms with Crippen LogP contribution in [0.3, 0.4) is 0 Å². The van der Waals surface area contributed by atoms with Gasteiger partial charge in [0.15, 0.2) is 5.13 Å². The van der Waals surface area contributed by atoms with E-state index in [2.05, 4.69) is 16.5 Å². The Balaban J connectivity index is 0.000000810. The first-order valence-corrected chi connectivity index (χ1v) is 6.91. The van der Waals surface area contributed by atoms with Crippen molar-refractivity contribution in [1.29, 1.82) is 0 Å². The average Bonchev–Trinajstić information content (AvgIpc) is 2.75. The molecule has 0 fully saturated rings. The van der Waals surface area contributed by atoms with Gasteiger partial charge in [0.05, 0.1) is 4.70 Å². The molecule has 0 unspecified atom stereocenters. The molecule has 0 saturated carbocycles. The van der Waals surface area contributed by atoms with Gasteiger partial charge < -0.3 is 5.73 Å². The smallest absolute Gasteiger partial charge is 0.181 e. The summed E-state index contributed by atoms with van der Waals surface area (Å²) in [6.07, 6.45) is 3.10. The number of thiazole rings is 1. The number of thiophene rings is 1. The summed E-state index contributed by atoms with van der Waals surface area (Å²) >= 11 is 3.43. The first-order chi connectivity index (χ1) is 7.78. The first-order valence-electron chi connectivity index (χ1n) is 5.27. The van der Waals surface area contributed by atoms with Crippen molar-refractivity contribution in [1.82, 2.24) is 9.88 Å². The van der Waals surface area contributed by atoms with E-state index in [1.165, 1.54) is 15.1 Å². The van der Waals surface area contributed by atoms with Gasteiger partial charge in [0.2, 0.25) is 0 Å². The van der Waals surface area contributed by atoms with Crippen LogP contribution in [0.1, 0.15) is 10.4 Å². The van der Waals surface area contributed by atoms with E-state index in [0.29, 0.717) is 5.13 Å². The van der Waals surface area contributed by atoms with Crippen molar-refractivity contribution in [3.8, 4) is 0 Å². The third-order valence-electron chi connectivity index (χ3n) is 2.87.